The summed E-state index contributed by atoms with van der Waals surface area (Å²) in [6.45, 7) is 9.65. The average Bonchev–Trinajstić information content (AvgIpc) is 2.89. The molecule has 0 aromatic heterocycles. The van der Waals surface area contributed by atoms with Crippen LogP contribution in [0.3, 0.4) is 0 Å². The number of unbranched alkanes of at least 4 members (excludes halogenated alkanes) is 1. The van der Waals surface area contributed by atoms with Crippen LogP contribution in [0, 0.1) is 5.92 Å². The Kier molecular flexibility index (Phi) is 9.98. The molecule has 1 aliphatic rings. The van der Waals surface area contributed by atoms with Crippen molar-refractivity contribution >= 4 is 11.8 Å². The van der Waals surface area contributed by atoms with Crippen molar-refractivity contribution in [3.8, 4) is 0 Å². The molecule has 0 radical (unpaired) electrons. The van der Waals surface area contributed by atoms with Crippen LogP contribution in [0.1, 0.15) is 59.3 Å². The summed E-state index contributed by atoms with van der Waals surface area (Å²) in [5, 5.41) is 13.4. The molecule has 3 atom stereocenters. The van der Waals surface area contributed by atoms with Gasteiger partial charge in [-0.15, -0.1) is 0 Å². The van der Waals surface area contributed by atoms with Gasteiger partial charge in [0.2, 0.25) is 0 Å². The summed E-state index contributed by atoms with van der Waals surface area (Å²) in [4.78, 5) is 0. The number of aliphatic hydroxyl groups excluding tert-OH is 1. The molecule has 4 heteroatoms. The van der Waals surface area contributed by atoms with Gasteiger partial charge in [-0.1, -0.05) is 33.1 Å². The van der Waals surface area contributed by atoms with E-state index in [4.69, 9.17) is 4.74 Å². The van der Waals surface area contributed by atoms with E-state index in [-0.39, 0.29) is 6.10 Å². The number of nitrogens with one attached hydrogen (secondary N) is 1. The van der Waals surface area contributed by atoms with Gasteiger partial charge in [0, 0.05) is 24.4 Å². The number of hydrogen-bond acceptors (Lipinski definition) is 4. The fourth-order valence-electron chi connectivity index (χ4n) is 2.81. The van der Waals surface area contributed by atoms with E-state index in [0.29, 0.717) is 23.8 Å². The van der Waals surface area contributed by atoms with E-state index in [1.165, 1.54) is 44.3 Å². The Morgan fingerprint density at radius 2 is 2.14 bits per heavy atom. The number of ether oxygens (including phenoxy) is 1. The van der Waals surface area contributed by atoms with Crippen molar-refractivity contribution in [3.05, 3.63) is 0 Å². The predicted octanol–water partition coefficient (Wildman–Crippen LogP) is 3.46. The van der Waals surface area contributed by atoms with Crippen molar-refractivity contribution in [2.75, 3.05) is 32.1 Å². The van der Waals surface area contributed by atoms with E-state index < -0.39 is 0 Å². The van der Waals surface area contributed by atoms with Gasteiger partial charge in [0.1, 0.15) is 0 Å². The number of rotatable bonds is 12. The SMILES string of the molecule is CCCCC(CC)COCC(O)CNCC1(C)CCCS1. The van der Waals surface area contributed by atoms with Gasteiger partial charge in [0.05, 0.1) is 12.7 Å². The summed E-state index contributed by atoms with van der Waals surface area (Å²) in [6, 6.07) is 0. The minimum atomic E-state index is -0.385. The van der Waals surface area contributed by atoms with Gasteiger partial charge in [-0.3, -0.25) is 0 Å². The van der Waals surface area contributed by atoms with E-state index in [0.717, 1.165) is 13.2 Å². The zero-order valence-corrected chi connectivity index (χ0v) is 15.0. The van der Waals surface area contributed by atoms with Crippen molar-refractivity contribution in [2.24, 2.45) is 5.92 Å². The maximum atomic E-state index is 9.97. The maximum Gasteiger partial charge on any atom is 0.0897 e. The van der Waals surface area contributed by atoms with Crippen LogP contribution < -0.4 is 5.32 Å². The Morgan fingerprint density at radius 3 is 2.76 bits per heavy atom. The third-order valence-electron chi connectivity index (χ3n) is 4.39. The summed E-state index contributed by atoms with van der Waals surface area (Å²) < 4.78 is 6.07. The molecule has 1 saturated heterocycles. The Labute approximate surface area is 135 Å². The summed E-state index contributed by atoms with van der Waals surface area (Å²) in [5.41, 5.74) is 0. The highest BCUT2D eigenvalue weighted by Gasteiger charge is 2.28. The molecule has 1 fully saturated rings. The van der Waals surface area contributed by atoms with Gasteiger partial charge in [-0.05, 0) is 37.9 Å². The Morgan fingerprint density at radius 1 is 1.33 bits per heavy atom. The van der Waals surface area contributed by atoms with Gasteiger partial charge in [0.25, 0.3) is 0 Å². The Balaban J connectivity index is 2.03. The van der Waals surface area contributed by atoms with Crippen molar-refractivity contribution in [1.82, 2.24) is 5.32 Å². The van der Waals surface area contributed by atoms with Crippen molar-refractivity contribution in [1.29, 1.82) is 0 Å². The van der Waals surface area contributed by atoms with Crippen LogP contribution in [0.15, 0.2) is 0 Å². The molecule has 2 N–H and O–H groups in total. The van der Waals surface area contributed by atoms with Crippen molar-refractivity contribution < 1.29 is 9.84 Å². The molecule has 3 nitrogen and oxygen atoms in total. The molecule has 0 amide bonds. The third-order valence-corrected chi connectivity index (χ3v) is 5.92. The highest BCUT2D eigenvalue weighted by Crippen LogP contribution is 2.36. The van der Waals surface area contributed by atoms with Crippen molar-refractivity contribution in [3.63, 3.8) is 0 Å². The molecule has 1 heterocycles. The lowest BCUT2D eigenvalue weighted by Gasteiger charge is -2.24. The highest BCUT2D eigenvalue weighted by atomic mass is 32.2. The molecule has 21 heavy (non-hydrogen) atoms. The molecule has 126 valence electrons. The second-order valence-electron chi connectivity index (χ2n) is 6.64. The first-order valence-corrected chi connectivity index (χ1v) is 9.68. The first-order chi connectivity index (χ1) is 10.1. The topological polar surface area (TPSA) is 41.5 Å². The highest BCUT2D eigenvalue weighted by molar-refractivity contribution is 8.00. The van der Waals surface area contributed by atoms with Crippen LogP contribution >= 0.6 is 11.8 Å². The van der Waals surface area contributed by atoms with E-state index in [2.05, 4.69) is 37.8 Å². The van der Waals surface area contributed by atoms with E-state index >= 15 is 0 Å². The van der Waals surface area contributed by atoms with E-state index in [1.54, 1.807) is 0 Å². The fourth-order valence-corrected chi connectivity index (χ4v) is 4.08. The van der Waals surface area contributed by atoms with E-state index in [1.807, 2.05) is 0 Å². The minimum Gasteiger partial charge on any atom is -0.389 e. The smallest absolute Gasteiger partial charge is 0.0897 e. The van der Waals surface area contributed by atoms with Crippen LogP contribution in [0.2, 0.25) is 0 Å². The molecule has 0 aromatic carbocycles. The van der Waals surface area contributed by atoms with Crippen LogP contribution in [-0.2, 0) is 4.74 Å². The zero-order chi connectivity index (χ0) is 15.6. The lowest BCUT2D eigenvalue weighted by atomic mass is 10.0. The summed E-state index contributed by atoms with van der Waals surface area (Å²) >= 11 is 2.05. The maximum absolute atomic E-state index is 9.97. The first kappa shape index (κ1) is 19.3. The van der Waals surface area contributed by atoms with Gasteiger partial charge >= 0.3 is 0 Å². The van der Waals surface area contributed by atoms with Crippen LogP contribution in [0.4, 0.5) is 0 Å². The first-order valence-electron chi connectivity index (χ1n) is 8.70. The van der Waals surface area contributed by atoms with Crippen LogP contribution in [-0.4, -0.2) is 48.0 Å². The molecule has 3 unspecified atom stereocenters. The molecule has 0 spiro atoms. The minimum absolute atomic E-state index is 0.369. The second-order valence-corrected chi connectivity index (χ2v) is 8.32. The molecular formula is C17H35NO2S. The number of hydrogen-bond donors (Lipinski definition) is 2. The van der Waals surface area contributed by atoms with Crippen molar-refractivity contribution in [2.45, 2.75) is 70.1 Å². The Hall–Kier alpha value is 0.230. The monoisotopic (exact) mass is 317 g/mol. The standard InChI is InChI=1S/C17H35NO2S/c1-4-6-8-15(5-2)12-20-13-16(19)11-18-14-17(3)9-7-10-21-17/h15-16,18-19H,4-14H2,1-3H3. The summed E-state index contributed by atoms with van der Waals surface area (Å²) in [6.07, 6.45) is 7.17. The molecule has 1 rings (SSSR count). The van der Waals surface area contributed by atoms with E-state index in [9.17, 15) is 5.11 Å². The quantitative estimate of drug-likeness (QED) is 0.578. The third kappa shape index (κ3) is 8.44. The van der Waals surface area contributed by atoms with Gasteiger partial charge in [-0.25, -0.2) is 0 Å². The molecule has 0 aliphatic carbocycles. The predicted molar refractivity (Wildman–Crippen MR) is 93.1 cm³/mol. The fraction of sp³-hybridized carbons (Fsp3) is 1.00. The van der Waals surface area contributed by atoms with Crippen LogP contribution in [0.25, 0.3) is 0 Å². The second kappa shape index (κ2) is 10.9. The lowest BCUT2D eigenvalue weighted by molar-refractivity contribution is 0.0192. The van der Waals surface area contributed by atoms with Crippen LogP contribution in [0.5, 0.6) is 0 Å². The van der Waals surface area contributed by atoms with Gasteiger partial charge < -0.3 is 15.2 Å². The largest absolute Gasteiger partial charge is 0.389 e. The number of aliphatic hydroxyl groups is 1. The zero-order valence-electron chi connectivity index (χ0n) is 14.2. The normalized spacial score (nSPS) is 25.1. The molecular weight excluding hydrogens is 282 g/mol. The lowest BCUT2D eigenvalue weighted by Crippen LogP contribution is -2.38. The number of thioether (sulfide) groups is 1. The average molecular weight is 318 g/mol. The molecule has 0 aromatic rings. The molecule has 0 saturated carbocycles. The Bertz CT molecular complexity index is 257. The molecule has 1 aliphatic heterocycles. The van der Waals surface area contributed by atoms with Gasteiger partial charge in [0.15, 0.2) is 0 Å². The van der Waals surface area contributed by atoms with Gasteiger partial charge in [-0.2, -0.15) is 11.8 Å². The summed E-state index contributed by atoms with van der Waals surface area (Å²) in [7, 11) is 0. The summed E-state index contributed by atoms with van der Waals surface area (Å²) in [5.74, 6) is 1.93. The molecule has 0 bridgehead atoms.